The second kappa shape index (κ2) is 6.44. The van der Waals surface area contributed by atoms with Gasteiger partial charge in [-0.25, -0.2) is 10.6 Å². The average Bonchev–Trinajstić information content (AvgIpc) is 2.78. The van der Waals surface area contributed by atoms with E-state index in [0.29, 0.717) is 17.9 Å². The van der Waals surface area contributed by atoms with Crippen LogP contribution in [0.2, 0.25) is 0 Å². The number of hydrogen-bond acceptors (Lipinski definition) is 7. The summed E-state index contributed by atoms with van der Waals surface area (Å²) >= 11 is 0. The lowest BCUT2D eigenvalue weighted by atomic mass is 9.98. The summed E-state index contributed by atoms with van der Waals surface area (Å²) < 4.78 is 34.9. The van der Waals surface area contributed by atoms with Gasteiger partial charge in [0.1, 0.15) is 6.04 Å². The minimum Gasteiger partial charge on any atom is -0.317 e. The molecule has 0 aromatic heterocycles. The molecular weight excluding hydrogens is 342 g/mol. The molecular formula is C12H21N5O6S. The van der Waals surface area contributed by atoms with Gasteiger partial charge in [-0.1, -0.05) is 0 Å². The molecule has 3 aliphatic heterocycles. The van der Waals surface area contributed by atoms with E-state index < -0.39 is 28.5 Å². The lowest BCUT2D eigenvalue weighted by Gasteiger charge is -2.36. The molecule has 0 spiro atoms. The summed E-state index contributed by atoms with van der Waals surface area (Å²) in [4.78, 5) is 26.2. The molecule has 4 N–H and O–H groups in total. The Kier molecular flexibility index (Phi) is 4.66. The summed E-state index contributed by atoms with van der Waals surface area (Å²) in [5.41, 5.74) is 0. The first-order valence-electron chi connectivity index (χ1n) is 7.83. The minimum absolute atomic E-state index is 0.0839. The molecule has 12 heteroatoms. The molecule has 2 bridgehead atoms. The number of urea groups is 1. The number of rotatable bonds is 4. The van der Waals surface area contributed by atoms with Gasteiger partial charge in [-0.3, -0.25) is 14.4 Å². The molecule has 2 atom stereocenters. The molecule has 3 saturated heterocycles. The van der Waals surface area contributed by atoms with Crippen molar-refractivity contribution in [1.82, 2.24) is 20.3 Å². The highest BCUT2D eigenvalue weighted by molar-refractivity contribution is 7.80. The van der Waals surface area contributed by atoms with Crippen molar-refractivity contribution in [1.29, 1.82) is 0 Å². The third kappa shape index (κ3) is 3.32. The number of hydroxylamine groups is 2. The number of carbonyl (C=O) groups excluding carboxylic acids is 2. The monoisotopic (exact) mass is 363 g/mol. The summed E-state index contributed by atoms with van der Waals surface area (Å²) in [6.45, 7) is 1.71. The van der Waals surface area contributed by atoms with Crippen LogP contribution in [0.25, 0.3) is 0 Å². The average molecular weight is 363 g/mol. The number of hydrogen-bond donors (Lipinski definition) is 3. The Labute approximate surface area is 139 Å². The molecule has 24 heavy (non-hydrogen) atoms. The topological polar surface area (TPSA) is 146 Å². The van der Waals surface area contributed by atoms with Crippen LogP contribution in [0.5, 0.6) is 0 Å². The number of carbonyl (C=O) groups is 2. The summed E-state index contributed by atoms with van der Waals surface area (Å²) in [6, 6.07) is -2.11. The van der Waals surface area contributed by atoms with Crippen molar-refractivity contribution in [3.63, 3.8) is 0 Å². The van der Waals surface area contributed by atoms with Crippen molar-refractivity contribution in [3.05, 3.63) is 0 Å². The van der Waals surface area contributed by atoms with E-state index in [2.05, 4.69) is 9.60 Å². The number of fused-ring (bicyclic) bond motifs is 2. The maximum Gasteiger partial charge on any atom is 0.418 e. The van der Waals surface area contributed by atoms with Crippen molar-refractivity contribution >= 4 is 22.3 Å². The molecule has 0 aliphatic carbocycles. The molecule has 11 nitrogen and oxygen atoms in total. The molecule has 0 saturated carbocycles. The van der Waals surface area contributed by atoms with Crippen LogP contribution in [0.1, 0.15) is 25.7 Å². The molecule has 0 unspecified atom stereocenters. The second-order valence-electron chi connectivity index (χ2n) is 6.24. The maximum absolute atomic E-state index is 12.7. The fourth-order valence-corrected chi connectivity index (χ4v) is 3.91. The summed E-state index contributed by atoms with van der Waals surface area (Å²) in [5, 5.41) is 5.01. The van der Waals surface area contributed by atoms with Gasteiger partial charge in [0.15, 0.2) is 0 Å². The zero-order chi connectivity index (χ0) is 17.5. The number of nitrogens with one attached hydrogen (secondary N) is 1. The smallest absolute Gasteiger partial charge is 0.317 e. The fourth-order valence-electron chi connectivity index (χ4n) is 3.53. The van der Waals surface area contributed by atoms with E-state index in [-0.39, 0.29) is 18.5 Å². The quantitative estimate of drug-likeness (QED) is 0.235. The number of nitrogens with two attached hydrogens (primary N) is 1. The Hall–Kier alpha value is -1.47. The van der Waals surface area contributed by atoms with Crippen LogP contribution in [0.15, 0.2) is 0 Å². The molecule has 3 rings (SSSR count). The van der Waals surface area contributed by atoms with Crippen LogP contribution in [0.4, 0.5) is 4.79 Å². The third-order valence-electron chi connectivity index (χ3n) is 4.74. The number of hydrazine groups is 1. The minimum atomic E-state index is -4.80. The van der Waals surface area contributed by atoms with E-state index in [9.17, 15) is 18.0 Å². The normalized spacial score (nSPS) is 28.3. The molecule has 3 fully saturated rings. The zero-order valence-corrected chi connectivity index (χ0v) is 13.8. The first kappa shape index (κ1) is 17.4. The van der Waals surface area contributed by atoms with E-state index in [0.717, 1.165) is 25.9 Å². The van der Waals surface area contributed by atoms with Gasteiger partial charge in [-0.2, -0.15) is 13.5 Å². The van der Waals surface area contributed by atoms with Crippen LogP contribution in [-0.2, 0) is 19.5 Å². The number of piperidine rings is 2. The van der Waals surface area contributed by atoms with Gasteiger partial charge < -0.3 is 10.2 Å². The first-order valence-corrected chi connectivity index (χ1v) is 9.20. The largest absolute Gasteiger partial charge is 0.418 e. The van der Waals surface area contributed by atoms with Crippen LogP contribution in [-0.4, -0.2) is 77.6 Å². The second-order valence-corrected chi connectivity index (χ2v) is 7.24. The first-order chi connectivity index (χ1) is 11.3. The van der Waals surface area contributed by atoms with Crippen molar-refractivity contribution in [2.45, 2.75) is 43.8 Å². The van der Waals surface area contributed by atoms with Gasteiger partial charge in [0, 0.05) is 6.54 Å². The van der Waals surface area contributed by atoms with Crippen molar-refractivity contribution in [3.8, 4) is 0 Å². The van der Waals surface area contributed by atoms with Gasteiger partial charge in [0.05, 0.1) is 12.1 Å². The Bertz CT molecular complexity index is 621. The van der Waals surface area contributed by atoms with E-state index >= 15 is 0 Å². The van der Waals surface area contributed by atoms with E-state index in [1.807, 2.05) is 0 Å². The summed E-state index contributed by atoms with van der Waals surface area (Å²) in [5.74, 6) is 5.61. The maximum atomic E-state index is 12.7. The molecule has 0 aromatic carbocycles. The van der Waals surface area contributed by atoms with Crippen LogP contribution < -0.4 is 11.2 Å². The molecule has 0 radical (unpaired) electrons. The van der Waals surface area contributed by atoms with E-state index in [4.69, 9.17) is 10.4 Å². The third-order valence-corrected chi connectivity index (χ3v) is 5.09. The molecule has 136 valence electrons. The lowest BCUT2D eigenvalue weighted by Crippen LogP contribution is -2.58. The highest BCUT2D eigenvalue weighted by Gasteiger charge is 2.50. The Morgan fingerprint density at radius 1 is 1.29 bits per heavy atom. The Morgan fingerprint density at radius 2 is 1.96 bits per heavy atom. The van der Waals surface area contributed by atoms with Crippen LogP contribution in [0.3, 0.4) is 0 Å². The Balaban J connectivity index is 1.70. The fraction of sp³-hybridized carbons (Fsp3) is 0.833. The van der Waals surface area contributed by atoms with E-state index in [1.54, 1.807) is 0 Å². The predicted molar refractivity (Wildman–Crippen MR) is 80.3 cm³/mol. The Morgan fingerprint density at radius 3 is 2.58 bits per heavy atom. The van der Waals surface area contributed by atoms with E-state index in [1.165, 1.54) is 9.91 Å². The van der Waals surface area contributed by atoms with Gasteiger partial charge in [-0.05, 0) is 38.8 Å². The SMILES string of the molecule is NN(C(=O)[C@@H]1CC[C@@H]2CN1C(=O)N2OS(=O)(=O)O)C1CCNCC1. The molecule has 0 aromatic rings. The van der Waals surface area contributed by atoms with Gasteiger partial charge >= 0.3 is 16.4 Å². The van der Waals surface area contributed by atoms with Crippen LogP contribution >= 0.6 is 0 Å². The van der Waals surface area contributed by atoms with Gasteiger partial charge in [-0.15, -0.1) is 4.28 Å². The highest BCUT2D eigenvalue weighted by Crippen LogP contribution is 2.31. The standard InChI is InChI=1S/C12H21N5O6S/c13-16(8-3-5-14-6-4-8)11(18)10-2-1-9-7-15(10)12(19)17(9)23-24(20,21)22/h8-10,14H,1-7,13H2,(H,20,21,22)/t9-,10+/m1/s1. The molecule has 3 aliphatic rings. The highest BCUT2D eigenvalue weighted by atomic mass is 32.3. The zero-order valence-electron chi connectivity index (χ0n) is 13.0. The summed E-state index contributed by atoms with van der Waals surface area (Å²) in [7, 11) is -4.80. The predicted octanol–water partition coefficient (Wildman–Crippen LogP) is -1.56. The molecule has 3 heterocycles. The van der Waals surface area contributed by atoms with Crippen LogP contribution in [0, 0.1) is 0 Å². The number of nitrogens with zero attached hydrogens (tertiary/aromatic N) is 3. The molecule has 3 amide bonds. The van der Waals surface area contributed by atoms with Crippen molar-refractivity contribution < 1.29 is 26.8 Å². The number of amides is 3. The van der Waals surface area contributed by atoms with Crippen molar-refractivity contribution in [2.75, 3.05) is 19.6 Å². The van der Waals surface area contributed by atoms with Gasteiger partial charge in [0.25, 0.3) is 5.91 Å². The lowest BCUT2D eigenvalue weighted by molar-refractivity contribution is -0.140. The van der Waals surface area contributed by atoms with Crippen molar-refractivity contribution in [2.24, 2.45) is 5.84 Å². The van der Waals surface area contributed by atoms with Gasteiger partial charge in [0.2, 0.25) is 0 Å². The summed E-state index contributed by atoms with van der Waals surface area (Å²) in [6.07, 6.45) is 2.22.